The Hall–Kier alpha value is -0.940. The van der Waals surface area contributed by atoms with E-state index in [1.165, 1.54) is 0 Å². The largest absolute Gasteiger partial charge is 0.389 e. The Kier molecular flexibility index (Phi) is 4.12. The van der Waals surface area contributed by atoms with Gasteiger partial charge in [-0.2, -0.15) is 5.10 Å². The Labute approximate surface area is 102 Å². The molecule has 0 aromatic carbocycles. The van der Waals surface area contributed by atoms with Gasteiger partial charge in [0.1, 0.15) is 12.2 Å². The first-order chi connectivity index (χ1) is 8.23. The fraction of sp³-hybridized carbons (Fsp3) is 0.833. The first kappa shape index (κ1) is 12.5. The summed E-state index contributed by atoms with van der Waals surface area (Å²) in [5.74, 6) is 0.913. The Morgan fingerprint density at radius 1 is 1.47 bits per heavy atom. The fourth-order valence-electron chi connectivity index (χ4n) is 2.41. The summed E-state index contributed by atoms with van der Waals surface area (Å²) < 4.78 is 1.91. The normalized spacial score (nSPS) is 25.8. The van der Waals surface area contributed by atoms with Gasteiger partial charge in [0.25, 0.3) is 0 Å². The van der Waals surface area contributed by atoms with Gasteiger partial charge in [-0.1, -0.05) is 6.92 Å². The van der Waals surface area contributed by atoms with Crippen molar-refractivity contribution in [3.05, 3.63) is 12.2 Å². The van der Waals surface area contributed by atoms with Crippen molar-refractivity contribution in [3.63, 3.8) is 0 Å². The van der Waals surface area contributed by atoms with E-state index in [-0.39, 0.29) is 0 Å². The molecule has 1 saturated heterocycles. The third-order valence-corrected chi connectivity index (χ3v) is 3.38. The van der Waals surface area contributed by atoms with Crippen molar-refractivity contribution >= 4 is 0 Å². The Morgan fingerprint density at radius 2 is 2.35 bits per heavy atom. The van der Waals surface area contributed by atoms with Crippen LogP contribution < -0.4 is 5.32 Å². The van der Waals surface area contributed by atoms with E-state index in [0.29, 0.717) is 6.42 Å². The third kappa shape index (κ3) is 3.26. The zero-order valence-corrected chi connectivity index (χ0v) is 10.5. The number of nitrogens with one attached hydrogen (secondary N) is 1. The molecular weight excluding hydrogens is 216 g/mol. The van der Waals surface area contributed by atoms with Gasteiger partial charge in [-0.25, -0.2) is 4.98 Å². The van der Waals surface area contributed by atoms with Crippen LogP contribution in [0.3, 0.4) is 0 Å². The van der Waals surface area contributed by atoms with Crippen LogP contribution in [0.15, 0.2) is 6.33 Å². The van der Waals surface area contributed by atoms with E-state index in [0.717, 1.165) is 51.1 Å². The van der Waals surface area contributed by atoms with Gasteiger partial charge in [0.15, 0.2) is 0 Å². The van der Waals surface area contributed by atoms with Crippen molar-refractivity contribution < 1.29 is 5.11 Å². The van der Waals surface area contributed by atoms with Gasteiger partial charge >= 0.3 is 0 Å². The van der Waals surface area contributed by atoms with Gasteiger partial charge in [0.2, 0.25) is 0 Å². The van der Waals surface area contributed by atoms with Crippen LogP contribution in [-0.2, 0) is 13.0 Å². The number of hydrogen-bond donors (Lipinski definition) is 2. The van der Waals surface area contributed by atoms with E-state index < -0.39 is 5.60 Å². The highest BCUT2D eigenvalue weighted by Crippen LogP contribution is 2.23. The highest BCUT2D eigenvalue weighted by atomic mass is 16.3. The predicted octanol–water partition coefficient (Wildman–Crippen LogP) is 0.735. The van der Waals surface area contributed by atoms with Gasteiger partial charge in [-0.3, -0.25) is 4.68 Å². The quantitative estimate of drug-likeness (QED) is 0.812. The van der Waals surface area contributed by atoms with E-state index in [9.17, 15) is 5.11 Å². The first-order valence-electron chi connectivity index (χ1n) is 6.53. The molecule has 5 nitrogen and oxygen atoms in total. The maximum atomic E-state index is 10.6. The molecule has 1 aromatic heterocycles. The molecule has 0 aliphatic carbocycles. The standard InChI is InChI=1S/C12H22N4O/c1-2-8-16-11(14-10-15-16)9-12(17)4-3-6-13-7-5-12/h10,13,17H,2-9H2,1H3. The van der Waals surface area contributed by atoms with Crippen LogP contribution in [0.25, 0.3) is 0 Å². The van der Waals surface area contributed by atoms with Crippen molar-refractivity contribution in [2.75, 3.05) is 13.1 Å². The number of aromatic nitrogens is 3. The minimum Gasteiger partial charge on any atom is -0.389 e. The summed E-state index contributed by atoms with van der Waals surface area (Å²) in [6.45, 7) is 4.89. The van der Waals surface area contributed by atoms with Crippen molar-refractivity contribution in [1.82, 2.24) is 20.1 Å². The van der Waals surface area contributed by atoms with Gasteiger partial charge in [0.05, 0.1) is 5.60 Å². The van der Waals surface area contributed by atoms with Crippen molar-refractivity contribution in [2.45, 2.75) is 51.2 Å². The lowest BCUT2D eigenvalue weighted by Gasteiger charge is -2.25. The molecule has 17 heavy (non-hydrogen) atoms. The molecule has 96 valence electrons. The van der Waals surface area contributed by atoms with Crippen LogP contribution in [0.5, 0.6) is 0 Å². The number of aryl methyl sites for hydroxylation is 1. The third-order valence-electron chi connectivity index (χ3n) is 3.38. The highest BCUT2D eigenvalue weighted by molar-refractivity contribution is 4.96. The number of aliphatic hydroxyl groups is 1. The van der Waals surface area contributed by atoms with Crippen LogP contribution in [0.2, 0.25) is 0 Å². The highest BCUT2D eigenvalue weighted by Gasteiger charge is 2.29. The molecule has 1 aromatic rings. The Bertz CT molecular complexity index is 342. The zero-order chi connectivity index (χ0) is 12.1. The molecule has 0 radical (unpaired) electrons. The van der Waals surface area contributed by atoms with E-state index in [2.05, 4.69) is 22.3 Å². The van der Waals surface area contributed by atoms with Gasteiger partial charge in [-0.05, 0) is 38.8 Å². The number of hydrogen-bond acceptors (Lipinski definition) is 4. The van der Waals surface area contributed by atoms with Gasteiger partial charge in [0, 0.05) is 13.0 Å². The van der Waals surface area contributed by atoms with E-state index in [1.54, 1.807) is 6.33 Å². The minimum absolute atomic E-state index is 0.609. The van der Waals surface area contributed by atoms with Crippen molar-refractivity contribution in [3.8, 4) is 0 Å². The van der Waals surface area contributed by atoms with E-state index in [1.807, 2.05) is 4.68 Å². The van der Waals surface area contributed by atoms with Crippen LogP contribution in [0.1, 0.15) is 38.4 Å². The molecule has 1 aliphatic heterocycles. The van der Waals surface area contributed by atoms with Crippen LogP contribution in [0, 0.1) is 0 Å². The average molecular weight is 238 g/mol. The second kappa shape index (κ2) is 5.60. The molecule has 2 heterocycles. The molecule has 2 N–H and O–H groups in total. The van der Waals surface area contributed by atoms with Crippen LogP contribution in [-0.4, -0.2) is 38.6 Å². The maximum Gasteiger partial charge on any atom is 0.138 e. The second-order valence-corrected chi connectivity index (χ2v) is 4.90. The van der Waals surface area contributed by atoms with Gasteiger partial charge < -0.3 is 10.4 Å². The first-order valence-corrected chi connectivity index (χ1v) is 6.53. The summed E-state index contributed by atoms with van der Waals surface area (Å²) in [6.07, 6.45) is 5.91. The molecule has 2 rings (SSSR count). The maximum absolute atomic E-state index is 10.6. The molecule has 5 heteroatoms. The van der Waals surface area contributed by atoms with Gasteiger partial charge in [-0.15, -0.1) is 0 Å². The molecule has 0 spiro atoms. The number of rotatable bonds is 4. The fourth-order valence-corrected chi connectivity index (χ4v) is 2.41. The molecule has 0 saturated carbocycles. The summed E-state index contributed by atoms with van der Waals surface area (Å²) in [6, 6.07) is 0. The Balaban J connectivity index is 2.04. The molecule has 1 fully saturated rings. The molecule has 1 atom stereocenters. The van der Waals surface area contributed by atoms with E-state index in [4.69, 9.17) is 0 Å². The molecular formula is C12H22N4O. The molecule has 1 aliphatic rings. The summed E-state index contributed by atoms with van der Waals surface area (Å²) in [5.41, 5.74) is -0.609. The summed E-state index contributed by atoms with van der Waals surface area (Å²) in [5, 5.41) is 18.1. The lowest BCUT2D eigenvalue weighted by atomic mass is 9.91. The summed E-state index contributed by atoms with van der Waals surface area (Å²) >= 11 is 0. The summed E-state index contributed by atoms with van der Waals surface area (Å²) in [4.78, 5) is 4.28. The second-order valence-electron chi connectivity index (χ2n) is 4.90. The van der Waals surface area contributed by atoms with Crippen molar-refractivity contribution in [2.24, 2.45) is 0 Å². The number of nitrogens with zero attached hydrogens (tertiary/aromatic N) is 3. The predicted molar refractivity (Wildman–Crippen MR) is 65.7 cm³/mol. The topological polar surface area (TPSA) is 63.0 Å². The van der Waals surface area contributed by atoms with E-state index >= 15 is 0 Å². The lowest BCUT2D eigenvalue weighted by molar-refractivity contribution is 0.0255. The SMILES string of the molecule is CCCn1ncnc1CC1(O)CCCNCC1. The minimum atomic E-state index is -0.609. The molecule has 0 bridgehead atoms. The molecule has 1 unspecified atom stereocenters. The van der Waals surface area contributed by atoms with Crippen LogP contribution in [0.4, 0.5) is 0 Å². The smallest absolute Gasteiger partial charge is 0.138 e. The lowest BCUT2D eigenvalue weighted by Crippen LogP contribution is -2.33. The van der Waals surface area contributed by atoms with Crippen molar-refractivity contribution in [1.29, 1.82) is 0 Å². The zero-order valence-electron chi connectivity index (χ0n) is 10.5. The molecule has 0 amide bonds. The van der Waals surface area contributed by atoms with Crippen LogP contribution >= 0.6 is 0 Å². The Morgan fingerprint density at radius 3 is 3.18 bits per heavy atom. The summed E-state index contributed by atoms with van der Waals surface area (Å²) in [7, 11) is 0. The monoisotopic (exact) mass is 238 g/mol. The average Bonchev–Trinajstić information content (AvgIpc) is 2.60.